The molecule has 0 aliphatic carbocycles. The molecular weight excluding hydrogens is 455 g/mol. The van der Waals surface area contributed by atoms with Gasteiger partial charge in [0.05, 0.1) is 10.7 Å². The minimum atomic E-state index is 0. The lowest BCUT2D eigenvalue weighted by Crippen LogP contribution is -2.38. The van der Waals surface area contributed by atoms with E-state index < -0.39 is 0 Å². The fourth-order valence-corrected chi connectivity index (χ4v) is 2.98. The first-order valence-corrected chi connectivity index (χ1v) is 9.03. The molecule has 4 nitrogen and oxygen atoms in total. The van der Waals surface area contributed by atoms with Gasteiger partial charge in [0.1, 0.15) is 0 Å². The zero-order valence-electron chi connectivity index (χ0n) is 14.0. The molecule has 1 aromatic carbocycles. The van der Waals surface area contributed by atoms with E-state index in [2.05, 4.69) is 38.1 Å². The third kappa shape index (κ3) is 7.81. The van der Waals surface area contributed by atoms with Crippen LogP contribution in [0.2, 0.25) is 5.02 Å². The van der Waals surface area contributed by atoms with E-state index in [0.29, 0.717) is 0 Å². The van der Waals surface area contributed by atoms with E-state index in [1.165, 1.54) is 5.56 Å². The first-order valence-electron chi connectivity index (χ1n) is 7.77. The van der Waals surface area contributed by atoms with Gasteiger partial charge in [0, 0.05) is 37.0 Å². The number of hydrogen-bond donors (Lipinski definition) is 2. The molecule has 0 unspecified atom stereocenters. The van der Waals surface area contributed by atoms with Crippen LogP contribution in [0, 0.1) is 6.92 Å². The maximum absolute atomic E-state index is 5.89. The number of halogens is 2. The number of rotatable bonds is 7. The van der Waals surface area contributed by atoms with E-state index >= 15 is 0 Å². The fourth-order valence-electron chi connectivity index (χ4n) is 2.20. The third-order valence-electron chi connectivity index (χ3n) is 3.41. The minimum absolute atomic E-state index is 0. The van der Waals surface area contributed by atoms with Crippen molar-refractivity contribution < 1.29 is 0 Å². The average Bonchev–Trinajstić information content (AvgIpc) is 2.97. The molecule has 0 atom stereocenters. The Hall–Kier alpha value is -0.860. The molecule has 2 N–H and O–H groups in total. The molecule has 0 aliphatic heterocycles. The summed E-state index contributed by atoms with van der Waals surface area (Å²) in [5.74, 6) is 0.841. The van der Waals surface area contributed by atoms with Crippen LogP contribution in [-0.4, -0.2) is 31.1 Å². The Morgan fingerprint density at radius 1 is 1.17 bits per heavy atom. The van der Waals surface area contributed by atoms with Crippen molar-refractivity contribution in [2.45, 2.75) is 26.2 Å². The highest BCUT2D eigenvalue weighted by molar-refractivity contribution is 14.0. The summed E-state index contributed by atoms with van der Waals surface area (Å²) in [6, 6.07) is 8.02. The Morgan fingerprint density at radius 2 is 1.88 bits per heavy atom. The van der Waals surface area contributed by atoms with E-state index in [1.54, 1.807) is 18.4 Å². The number of nitrogens with zero attached hydrogens (tertiary/aromatic N) is 2. The third-order valence-corrected chi connectivity index (χ3v) is 4.49. The van der Waals surface area contributed by atoms with Gasteiger partial charge >= 0.3 is 0 Å². The second-order valence-corrected chi connectivity index (χ2v) is 6.76. The molecule has 0 fully saturated rings. The largest absolute Gasteiger partial charge is 0.356 e. The molecule has 1 aromatic heterocycles. The van der Waals surface area contributed by atoms with Gasteiger partial charge in [0.2, 0.25) is 0 Å². The number of thiazole rings is 1. The predicted octanol–water partition coefficient (Wildman–Crippen LogP) is 4.06. The second kappa shape index (κ2) is 11.7. The van der Waals surface area contributed by atoms with Crippen molar-refractivity contribution >= 4 is 52.9 Å². The number of nitrogens with one attached hydrogen (secondary N) is 2. The van der Waals surface area contributed by atoms with E-state index in [1.807, 2.05) is 19.1 Å². The lowest BCUT2D eigenvalue weighted by Gasteiger charge is -2.11. The van der Waals surface area contributed by atoms with Crippen LogP contribution in [0.5, 0.6) is 0 Å². The molecule has 0 saturated heterocycles. The molecular formula is C17H24ClIN4S. The van der Waals surface area contributed by atoms with Gasteiger partial charge in [-0.25, -0.2) is 4.98 Å². The number of benzene rings is 1. The van der Waals surface area contributed by atoms with Crippen molar-refractivity contribution in [2.75, 3.05) is 20.1 Å². The Bertz CT molecular complexity index is 628. The number of guanidine groups is 1. The molecule has 0 aliphatic rings. The smallest absolute Gasteiger partial charge is 0.190 e. The number of hydrogen-bond acceptors (Lipinski definition) is 3. The van der Waals surface area contributed by atoms with Gasteiger partial charge in [-0.3, -0.25) is 4.99 Å². The summed E-state index contributed by atoms with van der Waals surface area (Å²) < 4.78 is 0. The molecule has 1 heterocycles. The van der Waals surface area contributed by atoms with Crippen LogP contribution in [0.1, 0.15) is 22.7 Å². The van der Waals surface area contributed by atoms with Crippen LogP contribution in [-0.2, 0) is 12.8 Å². The Balaban J connectivity index is 0.00000288. The lowest BCUT2D eigenvalue weighted by molar-refractivity contribution is 0.736. The van der Waals surface area contributed by atoms with Crippen molar-refractivity contribution in [3.05, 3.63) is 50.9 Å². The van der Waals surface area contributed by atoms with Gasteiger partial charge < -0.3 is 10.6 Å². The predicted molar refractivity (Wildman–Crippen MR) is 115 cm³/mol. The maximum Gasteiger partial charge on any atom is 0.190 e. The first kappa shape index (κ1) is 21.2. The van der Waals surface area contributed by atoms with E-state index in [0.717, 1.165) is 54.0 Å². The Labute approximate surface area is 170 Å². The second-order valence-electron chi connectivity index (χ2n) is 5.26. The standard InChI is InChI=1S/C17H23ClN4S.HI/c1-13-22-16(12-23-13)9-11-21-17(19-2)20-10-3-4-14-5-7-15(18)8-6-14;/h5-8,12H,3-4,9-11H2,1-2H3,(H2,19,20,21);1H. The zero-order valence-corrected chi connectivity index (χ0v) is 17.9. The number of aliphatic imine (C=N–C) groups is 1. The van der Waals surface area contributed by atoms with Crippen molar-refractivity contribution in [2.24, 2.45) is 4.99 Å². The summed E-state index contributed by atoms with van der Waals surface area (Å²) in [5.41, 5.74) is 2.44. The van der Waals surface area contributed by atoms with E-state index in [9.17, 15) is 0 Å². The first-order chi connectivity index (χ1) is 11.2. The normalized spacial score (nSPS) is 11.0. The summed E-state index contributed by atoms with van der Waals surface area (Å²) in [5, 5.41) is 10.7. The highest BCUT2D eigenvalue weighted by Crippen LogP contribution is 2.10. The van der Waals surface area contributed by atoms with Crippen LogP contribution < -0.4 is 10.6 Å². The average molecular weight is 479 g/mol. The highest BCUT2D eigenvalue weighted by Gasteiger charge is 2.01. The summed E-state index contributed by atoms with van der Waals surface area (Å²) in [4.78, 5) is 8.70. The quantitative estimate of drug-likeness (QED) is 0.273. The molecule has 132 valence electrons. The van der Waals surface area contributed by atoms with Crippen molar-refractivity contribution in [1.82, 2.24) is 15.6 Å². The van der Waals surface area contributed by atoms with Crippen LogP contribution in [0.15, 0.2) is 34.6 Å². The van der Waals surface area contributed by atoms with Crippen LogP contribution in [0.25, 0.3) is 0 Å². The zero-order chi connectivity index (χ0) is 16.5. The fraction of sp³-hybridized carbons (Fsp3) is 0.412. The number of aromatic nitrogens is 1. The molecule has 7 heteroatoms. The van der Waals surface area contributed by atoms with E-state index in [-0.39, 0.29) is 24.0 Å². The van der Waals surface area contributed by atoms with Gasteiger partial charge in [-0.15, -0.1) is 35.3 Å². The topological polar surface area (TPSA) is 49.3 Å². The summed E-state index contributed by atoms with van der Waals surface area (Å²) in [7, 11) is 1.79. The van der Waals surface area contributed by atoms with Gasteiger partial charge in [0.15, 0.2) is 5.96 Å². The molecule has 2 aromatic rings. The molecule has 0 amide bonds. The van der Waals surface area contributed by atoms with Gasteiger partial charge in [0.25, 0.3) is 0 Å². The summed E-state index contributed by atoms with van der Waals surface area (Å²) >= 11 is 7.58. The van der Waals surface area contributed by atoms with Crippen molar-refractivity contribution in [1.29, 1.82) is 0 Å². The molecule has 0 saturated carbocycles. The SMILES string of the molecule is CN=C(NCCCc1ccc(Cl)cc1)NCCc1csc(C)n1.I. The maximum atomic E-state index is 5.89. The molecule has 0 bridgehead atoms. The van der Waals surface area contributed by atoms with Gasteiger partial charge in [-0.05, 0) is 37.5 Å². The highest BCUT2D eigenvalue weighted by atomic mass is 127. The molecule has 0 radical (unpaired) electrons. The monoisotopic (exact) mass is 478 g/mol. The van der Waals surface area contributed by atoms with Crippen molar-refractivity contribution in [3.8, 4) is 0 Å². The summed E-state index contributed by atoms with van der Waals surface area (Å²) in [6.07, 6.45) is 2.99. The Kier molecular flexibility index (Phi) is 10.3. The van der Waals surface area contributed by atoms with Gasteiger partial charge in [-0.1, -0.05) is 23.7 Å². The molecule has 2 rings (SSSR count). The number of aryl methyl sites for hydroxylation is 2. The Morgan fingerprint density at radius 3 is 2.50 bits per heavy atom. The summed E-state index contributed by atoms with van der Waals surface area (Å²) in [6.45, 7) is 3.75. The molecule has 24 heavy (non-hydrogen) atoms. The van der Waals surface area contributed by atoms with Crippen LogP contribution in [0.3, 0.4) is 0 Å². The van der Waals surface area contributed by atoms with Crippen LogP contribution in [0.4, 0.5) is 0 Å². The van der Waals surface area contributed by atoms with E-state index in [4.69, 9.17) is 11.6 Å². The van der Waals surface area contributed by atoms with Crippen molar-refractivity contribution in [3.63, 3.8) is 0 Å². The lowest BCUT2D eigenvalue weighted by atomic mass is 10.1. The van der Waals surface area contributed by atoms with Crippen LogP contribution >= 0.6 is 46.9 Å². The molecule has 0 spiro atoms. The minimum Gasteiger partial charge on any atom is -0.356 e. The van der Waals surface area contributed by atoms with Gasteiger partial charge in [-0.2, -0.15) is 0 Å².